The molecular weight excluding hydrogens is 1000 g/mol. The van der Waals surface area contributed by atoms with Gasteiger partial charge in [0.1, 0.15) is 18.1 Å². The second-order valence-electron chi connectivity index (χ2n) is 18.7. The van der Waals surface area contributed by atoms with Crippen LogP contribution in [0, 0.1) is 0 Å². The highest BCUT2D eigenvalue weighted by Crippen LogP contribution is 2.20. The topological polar surface area (TPSA) is 436 Å². The Labute approximate surface area is 439 Å². The second kappa shape index (κ2) is 31.8. The Hall–Kier alpha value is -7.03. The molecule has 0 aromatic heterocycles. The molecule has 2 fully saturated rings. The van der Waals surface area contributed by atoms with Gasteiger partial charge < -0.3 is 78.3 Å². The molecular formula is C45H73BN14O16. The van der Waals surface area contributed by atoms with Crippen molar-refractivity contribution in [2.45, 2.75) is 69.3 Å². The van der Waals surface area contributed by atoms with Crippen molar-refractivity contribution in [3.8, 4) is 0 Å². The number of carbonyl (C=O) groups excluding carboxylic acids is 7. The summed E-state index contributed by atoms with van der Waals surface area (Å²) >= 11 is 0. The molecule has 1 aromatic carbocycles. The maximum absolute atomic E-state index is 13.7. The Kier molecular flexibility index (Phi) is 26.4. The zero-order chi connectivity index (χ0) is 56.6. The molecule has 2 aliphatic rings. The minimum Gasteiger partial charge on any atom is -0.481 e. The number of aliphatic hydroxyl groups is 1. The minimum absolute atomic E-state index is 0.000563. The molecule has 31 heteroatoms. The monoisotopic (exact) mass is 1080 g/mol. The lowest BCUT2D eigenvalue weighted by Crippen LogP contribution is -2.54. The predicted molar refractivity (Wildman–Crippen MR) is 270 cm³/mol. The van der Waals surface area contributed by atoms with Crippen molar-refractivity contribution < 1.29 is 78.4 Å². The normalized spacial score (nSPS) is 18.6. The summed E-state index contributed by atoms with van der Waals surface area (Å²) in [6.07, 6.45) is -1.63. The van der Waals surface area contributed by atoms with Gasteiger partial charge in [0.05, 0.1) is 51.2 Å². The number of primary amides is 1. The molecule has 1 aromatic rings. The number of hydrogen-bond acceptors (Lipinski definition) is 18. The first-order chi connectivity index (χ1) is 35.8. The zero-order valence-corrected chi connectivity index (χ0v) is 43.0. The zero-order valence-electron chi connectivity index (χ0n) is 43.0. The molecule has 5 atom stereocenters. The number of likely N-dealkylation sites (tertiary alicyclic amines) is 1. The molecule has 3 rings (SSSR count). The number of nitrogens with two attached hydrogens (primary N) is 2. The molecule has 15 N–H and O–H groups in total. The number of guanidine groups is 1. The number of carbonyl (C=O) groups is 10. The molecule has 0 unspecified atom stereocenters. The van der Waals surface area contributed by atoms with Crippen molar-refractivity contribution in [2.24, 2.45) is 16.5 Å². The van der Waals surface area contributed by atoms with Gasteiger partial charge in [0.2, 0.25) is 35.4 Å². The number of amides is 7. The van der Waals surface area contributed by atoms with E-state index in [-0.39, 0.29) is 129 Å². The number of benzene rings is 1. The van der Waals surface area contributed by atoms with Crippen molar-refractivity contribution >= 4 is 72.3 Å². The third-order valence-corrected chi connectivity index (χ3v) is 12.2. The fraction of sp³-hybridized carbons (Fsp3) is 0.622. The number of carboxylic acid groups (broad SMARTS) is 3. The second-order valence-corrected chi connectivity index (χ2v) is 18.7. The number of nitrogens with one attached hydrogen (secondary N) is 5. The molecule has 0 spiro atoms. The van der Waals surface area contributed by atoms with Crippen LogP contribution in [0.3, 0.4) is 0 Å². The van der Waals surface area contributed by atoms with Crippen LogP contribution in [0.4, 0.5) is 0 Å². The van der Waals surface area contributed by atoms with Crippen molar-refractivity contribution in [2.75, 3.05) is 112 Å². The summed E-state index contributed by atoms with van der Waals surface area (Å²) in [4.78, 5) is 140. The molecule has 2 heterocycles. The van der Waals surface area contributed by atoms with Gasteiger partial charge in [-0.25, -0.2) is 0 Å². The lowest BCUT2D eigenvalue weighted by Gasteiger charge is -2.33. The van der Waals surface area contributed by atoms with E-state index in [4.69, 9.17) is 11.5 Å². The van der Waals surface area contributed by atoms with Crippen LogP contribution < -0.4 is 38.1 Å². The average Bonchev–Trinajstić information content (AvgIpc) is 3.74. The van der Waals surface area contributed by atoms with E-state index in [0.717, 1.165) is 4.90 Å². The molecule has 0 aliphatic carbocycles. The molecule has 0 bridgehead atoms. The Balaban J connectivity index is 1.66. The lowest BCUT2D eigenvalue weighted by molar-refractivity contribution is -0.141. The Morgan fingerprint density at radius 3 is 1.72 bits per heavy atom. The van der Waals surface area contributed by atoms with Crippen LogP contribution in [0.2, 0.25) is 0 Å². The summed E-state index contributed by atoms with van der Waals surface area (Å²) < 4.78 is 0. The van der Waals surface area contributed by atoms with Crippen LogP contribution in [0.5, 0.6) is 0 Å². The van der Waals surface area contributed by atoms with Crippen molar-refractivity contribution in [1.82, 2.24) is 56.0 Å². The Bertz CT molecular complexity index is 2180. The predicted octanol–water partition coefficient (Wildman–Crippen LogP) is -7.51. The fourth-order valence-electron chi connectivity index (χ4n) is 8.13. The number of aliphatic hydroxyl groups excluding tert-OH is 1. The van der Waals surface area contributed by atoms with Gasteiger partial charge in [-0.1, -0.05) is 12.1 Å². The van der Waals surface area contributed by atoms with Crippen LogP contribution in [0.15, 0.2) is 29.3 Å². The van der Waals surface area contributed by atoms with Crippen molar-refractivity contribution in [3.05, 3.63) is 35.4 Å². The van der Waals surface area contributed by atoms with E-state index >= 15 is 0 Å². The first-order valence-corrected chi connectivity index (χ1v) is 24.5. The molecule has 7 amide bonds. The summed E-state index contributed by atoms with van der Waals surface area (Å²) in [7, 11) is 1.46. The van der Waals surface area contributed by atoms with Crippen LogP contribution in [0.1, 0.15) is 48.5 Å². The van der Waals surface area contributed by atoms with Gasteiger partial charge in [-0.05, 0) is 43.9 Å². The smallest absolute Gasteiger partial charge is 0.475 e. The highest BCUT2D eigenvalue weighted by Gasteiger charge is 2.42. The SMILES string of the molecule is C[C@@H](NC(=O)c1ccc(CNC(=O)[C@H](CC(=O)O)NC(=O)CNC(=O)[C@H](CCCN=C(N)N(C)C)NC(=O)CN2CCN(CC(=O)O)CCN(CC(N)=O)CCN(CC(=O)O)CC2)cc1)C(=O)N1C[C@@H](O)C[C@H]1B(O)O. The van der Waals surface area contributed by atoms with Crippen molar-refractivity contribution in [1.29, 1.82) is 0 Å². The molecule has 2 saturated heterocycles. The number of β-amino-alcohol motifs (C(OH)–C–C–N with tert-alkyl or cyclic N) is 1. The molecule has 0 radical (unpaired) electrons. The quantitative estimate of drug-likeness (QED) is 0.0177. The van der Waals surface area contributed by atoms with E-state index in [1.807, 2.05) is 0 Å². The van der Waals surface area contributed by atoms with Gasteiger partial charge in [0.15, 0.2) is 5.96 Å². The van der Waals surface area contributed by atoms with Crippen molar-refractivity contribution in [3.63, 3.8) is 0 Å². The van der Waals surface area contributed by atoms with Crippen LogP contribution in [-0.2, 0) is 49.7 Å². The summed E-state index contributed by atoms with van der Waals surface area (Å²) in [5, 5.41) is 70.4. The van der Waals surface area contributed by atoms with E-state index in [1.54, 1.807) is 38.6 Å². The maximum Gasteiger partial charge on any atom is 0.475 e. The van der Waals surface area contributed by atoms with Crippen LogP contribution in [0.25, 0.3) is 0 Å². The third-order valence-electron chi connectivity index (χ3n) is 12.2. The van der Waals surface area contributed by atoms with Crippen LogP contribution in [-0.4, -0.2) is 275 Å². The molecule has 30 nitrogen and oxygen atoms in total. The van der Waals surface area contributed by atoms with Gasteiger partial charge >= 0.3 is 25.0 Å². The van der Waals surface area contributed by atoms with Gasteiger partial charge in [0, 0.05) is 91.7 Å². The summed E-state index contributed by atoms with van der Waals surface area (Å²) in [6, 6.07) is 1.78. The molecule has 2 aliphatic heterocycles. The fourth-order valence-corrected chi connectivity index (χ4v) is 8.13. The first kappa shape index (κ1) is 63.3. The van der Waals surface area contributed by atoms with E-state index in [2.05, 4.69) is 31.6 Å². The third kappa shape index (κ3) is 23.3. The summed E-state index contributed by atoms with van der Waals surface area (Å²) in [6.45, 7) is 0.820. The van der Waals surface area contributed by atoms with E-state index in [0.29, 0.717) is 5.56 Å². The first-order valence-electron chi connectivity index (χ1n) is 24.5. The number of carboxylic acids is 3. The number of hydrogen-bond donors (Lipinski definition) is 13. The van der Waals surface area contributed by atoms with E-state index < -0.39 is 110 Å². The van der Waals surface area contributed by atoms with Gasteiger partial charge in [-0.3, -0.25) is 72.5 Å². The number of aliphatic imine (C=N–C) groups is 1. The standard InChI is InChI=1S/C45H73BN14O16/c1-28(44(74)60-23-31(61)19-34(60)46(75)76)52-41(71)30-8-6-29(7-9-30)21-50-43(73)33(20-38(65)66)54-36(63)22-51-42(72)32(5-4-10-49-45(48)55(2)3)53-37(64)25-57-13-17-58(26-39(67)68)15-11-56(24-35(47)62)12-16-59(18-14-57)27-40(69)70/h6-9,28,31-34,61,75-76H,4-5,10-27H2,1-3H3,(H2,47,62)(H2,48,49)(H,50,73)(H,51,72)(H,52,71)(H,53,64)(H,54,63)(H,65,66)(H,67,68)(H,69,70)/t28-,31+,32+,33+,34+/m1/s1. The van der Waals surface area contributed by atoms with Gasteiger partial charge in [-0.15, -0.1) is 0 Å². The van der Waals surface area contributed by atoms with Gasteiger partial charge in [-0.2, -0.15) is 0 Å². The number of rotatable bonds is 26. The summed E-state index contributed by atoms with van der Waals surface area (Å²) in [5.41, 5.74) is 11.9. The lowest BCUT2D eigenvalue weighted by atomic mass is 9.77. The molecule has 0 saturated carbocycles. The van der Waals surface area contributed by atoms with E-state index in [9.17, 15) is 78.4 Å². The average molecular weight is 1080 g/mol. The Morgan fingerprint density at radius 1 is 0.711 bits per heavy atom. The minimum atomic E-state index is -1.89. The molecule has 422 valence electrons. The molecule has 76 heavy (non-hydrogen) atoms. The maximum atomic E-state index is 13.7. The van der Waals surface area contributed by atoms with E-state index in [1.165, 1.54) is 31.2 Å². The highest BCUT2D eigenvalue weighted by atomic mass is 16.4. The van der Waals surface area contributed by atoms with Crippen LogP contribution >= 0.6 is 0 Å². The summed E-state index contributed by atoms with van der Waals surface area (Å²) in [5.74, 6) is -9.72. The number of nitrogens with zero attached hydrogens (tertiary/aromatic N) is 7. The highest BCUT2D eigenvalue weighted by molar-refractivity contribution is 6.43. The van der Waals surface area contributed by atoms with Gasteiger partial charge in [0.25, 0.3) is 5.91 Å². The number of aliphatic carboxylic acids is 3. The Morgan fingerprint density at radius 2 is 1.22 bits per heavy atom. The largest absolute Gasteiger partial charge is 0.481 e.